The molecule has 4 heteroatoms. The van der Waals surface area contributed by atoms with Crippen molar-refractivity contribution >= 4 is 38.8 Å². The number of rotatable bonds is 8. The zero-order valence-corrected chi connectivity index (χ0v) is 22.3. The molecule has 0 atom stereocenters. The van der Waals surface area contributed by atoms with E-state index in [1.165, 1.54) is 28.7 Å². The number of carbonyl (C=O) groups is 1. The summed E-state index contributed by atoms with van der Waals surface area (Å²) in [7, 11) is 0. The number of benzene rings is 4. The van der Waals surface area contributed by atoms with Gasteiger partial charge in [0.1, 0.15) is 11.4 Å². The average molecular weight is 516 g/mol. The van der Waals surface area contributed by atoms with Gasteiger partial charge in [-0.1, -0.05) is 78.9 Å². The van der Waals surface area contributed by atoms with E-state index < -0.39 is 5.97 Å². The van der Waals surface area contributed by atoms with Gasteiger partial charge < -0.3 is 14.8 Å². The summed E-state index contributed by atoms with van der Waals surface area (Å²) >= 11 is 0. The number of aryl methyl sites for hydroxylation is 2. The third-order valence-electron chi connectivity index (χ3n) is 8.00. The van der Waals surface area contributed by atoms with Crippen LogP contribution in [0.25, 0.3) is 32.8 Å². The second-order valence-corrected chi connectivity index (χ2v) is 10.4. The number of carboxylic acid groups (broad SMARTS) is 1. The van der Waals surface area contributed by atoms with E-state index in [2.05, 4.69) is 72.6 Å². The van der Waals surface area contributed by atoms with Crippen molar-refractivity contribution in [3.8, 4) is 5.75 Å². The number of aromatic amines is 1. The fourth-order valence-electron chi connectivity index (χ4n) is 6.13. The van der Waals surface area contributed by atoms with Crippen molar-refractivity contribution in [2.75, 3.05) is 6.61 Å². The van der Waals surface area contributed by atoms with Gasteiger partial charge in [0.15, 0.2) is 0 Å². The van der Waals surface area contributed by atoms with Gasteiger partial charge in [-0.2, -0.15) is 0 Å². The molecule has 4 aromatic carbocycles. The number of hydrogen-bond donors (Lipinski definition) is 2. The molecule has 1 aliphatic carbocycles. The number of fused-ring (bicyclic) bond motifs is 2. The van der Waals surface area contributed by atoms with Crippen molar-refractivity contribution in [1.29, 1.82) is 0 Å². The minimum Gasteiger partial charge on any atom is -0.493 e. The van der Waals surface area contributed by atoms with E-state index in [9.17, 15) is 9.90 Å². The maximum atomic E-state index is 12.3. The molecule has 0 saturated heterocycles. The van der Waals surface area contributed by atoms with Gasteiger partial charge in [0.25, 0.3) is 0 Å². The fourth-order valence-corrected chi connectivity index (χ4v) is 6.13. The molecular formula is C35H33NO3. The summed E-state index contributed by atoms with van der Waals surface area (Å²) in [6.45, 7) is 2.69. The van der Waals surface area contributed by atoms with E-state index in [1.807, 2.05) is 24.3 Å². The van der Waals surface area contributed by atoms with Crippen molar-refractivity contribution in [3.05, 3.63) is 113 Å². The van der Waals surface area contributed by atoms with Crippen molar-refractivity contribution in [2.45, 2.75) is 45.4 Å². The molecule has 196 valence electrons. The molecule has 6 rings (SSSR count). The van der Waals surface area contributed by atoms with Gasteiger partial charge in [-0.25, -0.2) is 4.79 Å². The second kappa shape index (κ2) is 10.8. The lowest BCUT2D eigenvalue weighted by Gasteiger charge is -2.23. The number of aromatic carboxylic acids is 1. The Morgan fingerprint density at radius 2 is 1.49 bits per heavy atom. The van der Waals surface area contributed by atoms with Crippen LogP contribution in [0.5, 0.6) is 5.75 Å². The molecule has 0 radical (unpaired) electrons. The van der Waals surface area contributed by atoms with Crippen molar-refractivity contribution < 1.29 is 14.6 Å². The fraction of sp³-hybridized carbons (Fsp3) is 0.229. The Hall–Kier alpha value is -4.31. The van der Waals surface area contributed by atoms with Crippen LogP contribution in [0, 0.1) is 6.92 Å². The van der Waals surface area contributed by atoms with Crippen LogP contribution in [0.4, 0.5) is 0 Å². The predicted molar refractivity (Wildman–Crippen MR) is 159 cm³/mol. The van der Waals surface area contributed by atoms with E-state index in [1.54, 1.807) is 0 Å². The molecule has 0 unspecified atom stereocenters. The van der Waals surface area contributed by atoms with E-state index in [0.717, 1.165) is 64.2 Å². The molecule has 0 fully saturated rings. The van der Waals surface area contributed by atoms with Gasteiger partial charge in [-0.3, -0.25) is 0 Å². The highest BCUT2D eigenvalue weighted by molar-refractivity contribution is 6.05. The molecular weight excluding hydrogens is 482 g/mol. The monoisotopic (exact) mass is 515 g/mol. The largest absolute Gasteiger partial charge is 0.493 e. The number of H-pyrrole nitrogens is 1. The van der Waals surface area contributed by atoms with Gasteiger partial charge in [0, 0.05) is 16.3 Å². The zero-order valence-electron chi connectivity index (χ0n) is 22.3. The lowest BCUT2D eigenvalue weighted by atomic mass is 9.82. The van der Waals surface area contributed by atoms with Crippen molar-refractivity contribution in [3.63, 3.8) is 0 Å². The van der Waals surface area contributed by atoms with Gasteiger partial charge in [0.2, 0.25) is 0 Å². The highest BCUT2D eigenvalue weighted by Crippen LogP contribution is 2.42. The first kappa shape index (κ1) is 25.0. The summed E-state index contributed by atoms with van der Waals surface area (Å²) in [4.78, 5) is 15.7. The van der Waals surface area contributed by atoms with E-state index in [0.29, 0.717) is 13.0 Å². The SMILES string of the molecule is Cc1ccccc1C1=C(c2cccc3c(CCCOc4cccc5ccccc45)c(C(=O)O)[nH]c23)CCCC1. The molecule has 4 nitrogen and oxygen atoms in total. The predicted octanol–water partition coefficient (Wildman–Crippen LogP) is 8.82. The Labute approximate surface area is 229 Å². The number of hydrogen-bond acceptors (Lipinski definition) is 2. The van der Waals surface area contributed by atoms with Gasteiger partial charge in [0.05, 0.1) is 12.1 Å². The van der Waals surface area contributed by atoms with Gasteiger partial charge >= 0.3 is 5.97 Å². The maximum Gasteiger partial charge on any atom is 0.352 e. The molecule has 1 aromatic heterocycles. The first-order chi connectivity index (χ1) is 19.1. The van der Waals surface area contributed by atoms with Crippen molar-refractivity contribution in [2.24, 2.45) is 0 Å². The topological polar surface area (TPSA) is 62.3 Å². The third-order valence-corrected chi connectivity index (χ3v) is 8.00. The Kier molecular flexibility index (Phi) is 6.93. The van der Waals surface area contributed by atoms with Crippen molar-refractivity contribution in [1.82, 2.24) is 4.98 Å². The molecule has 0 saturated carbocycles. The first-order valence-electron chi connectivity index (χ1n) is 13.9. The quantitative estimate of drug-likeness (QED) is 0.203. The van der Waals surface area contributed by atoms with E-state index >= 15 is 0 Å². The summed E-state index contributed by atoms with van der Waals surface area (Å²) in [6.07, 6.45) is 5.71. The van der Waals surface area contributed by atoms with Crippen LogP contribution < -0.4 is 4.74 Å². The maximum absolute atomic E-state index is 12.3. The van der Waals surface area contributed by atoms with E-state index in [4.69, 9.17) is 4.74 Å². The van der Waals surface area contributed by atoms with Crippen LogP contribution in [0.1, 0.15) is 64.8 Å². The molecule has 2 N–H and O–H groups in total. The molecule has 0 amide bonds. The molecule has 5 aromatic rings. The molecule has 0 aliphatic heterocycles. The summed E-state index contributed by atoms with van der Waals surface area (Å²) in [5.74, 6) is -0.0559. The molecule has 1 heterocycles. The molecule has 39 heavy (non-hydrogen) atoms. The molecule has 0 spiro atoms. The van der Waals surface area contributed by atoms with E-state index in [-0.39, 0.29) is 5.69 Å². The summed E-state index contributed by atoms with van der Waals surface area (Å²) in [6, 6.07) is 29.1. The Bertz CT molecular complexity index is 1700. The van der Waals surface area contributed by atoms with Crippen LogP contribution >= 0.6 is 0 Å². The van der Waals surface area contributed by atoms with Crippen LogP contribution in [-0.4, -0.2) is 22.7 Å². The first-order valence-corrected chi connectivity index (χ1v) is 13.9. The summed E-state index contributed by atoms with van der Waals surface area (Å²) < 4.78 is 6.16. The van der Waals surface area contributed by atoms with Crippen LogP contribution in [0.3, 0.4) is 0 Å². The molecule has 0 bridgehead atoms. The van der Waals surface area contributed by atoms with Crippen LogP contribution in [0.2, 0.25) is 0 Å². The lowest BCUT2D eigenvalue weighted by Crippen LogP contribution is -2.04. The number of nitrogens with one attached hydrogen (secondary N) is 1. The smallest absolute Gasteiger partial charge is 0.352 e. The van der Waals surface area contributed by atoms with Gasteiger partial charge in [-0.15, -0.1) is 0 Å². The number of aromatic nitrogens is 1. The highest BCUT2D eigenvalue weighted by Gasteiger charge is 2.23. The van der Waals surface area contributed by atoms with Gasteiger partial charge in [-0.05, 0) is 84.7 Å². The Balaban J connectivity index is 1.32. The highest BCUT2D eigenvalue weighted by atomic mass is 16.5. The Morgan fingerprint density at radius 3 is 2.31 bits per heavy atom. The average Bonchev–Trinajstić information content (AvgIpc) is 3.35. The second-order valence-electron chi connectivity index (χ2n) is 10.4. The normalized spacial score (nSPS) is 13.8. The number of para-hydroxylation sites is 1. The summed E-state index contributed by atoms with van der Waals surface area (Å²) in [5.41, 5.74) is 8.53. The minimum atomic E-state index is -0.918. The number of allylic oxidation sites excluding steroid dienone is 2. The third kappa shape index (κ3) is 4.83. The summed E-state index contributed by atoms with van der Waals surface area (Å²) in [5, 5.41) is 13.3. The minimum absolute atomic E-state index is 0.288. The van der Waals surface area contributed by atoms with Crippen LogP contribution in [0.15, 0.2) is 84.9 Å². The van der Waals surface area contributed by atoms with Crippen LogP contribution in [-0.2, 0) is 6.42 Å². The standard InChI is InChI=1S/C35H33NO3/c1-23-11-2-4-14-25(23)27-16-6-7-17-28(27)29-18-9-19-30-31(34(35(37)38)36-33(29)30)20-10-22-39-32-21-8-13-24-12-3-5-15-26(24)32/h2-5,8-9,11-15,18-19,21,36H,6-7,10,16-17,20,22H2,1H3,(H,37,38). The molecule has 1 aliphatic rings. The lowest BCUT2D eigenvalue weighted by molar-refractivity contribution is 0.0690. The number of ether oxygens (including phenoxy) is 1. The number of carboxylic acids is 1. The Morgan fingerprint density at radius 1 is 0.821 bits per heavy atom. The zero-order chi connectivity index (χ0) is 26.8.